The molecule has 7 nitrogen and oxygen atoms in total. The van der Waals surface area contributed by atoms with E-state index in [1.807, 2.05) is 24.8 Å². The number of rotatable bonds is 2. The SMILES string of the molecule is Cc1cc(C)nc(N2CCN(C(=O)c3cn[nH]c3)CC2)n1. The molecule has 0 radical (unpaired) electrons. The van der Waals surface area contributed by atoms with Crippen molar-refractivity contribution in [1.29, 1.82) is 0 Å². The highest BCUT2D eigenvalue weighted by Gasteiger charge is 2.24. The maximum atomic E-state index is 12.2. The van der Waals surface area contributed by atoms with Crippen LogP contribution >= 0.6 is 0 Å². The summed E-state index contributed by atoms with van der Waals surface area (Å²) in [4.78, 5) is 25.1. The molecule has 1 aliphatic heterocycles. The first-order chi connectivity index (χ1) is 10.1. The van der Waals surface area contributed by atoms with Crippen molar-refractivity contribution >= 4 is 11.9 Å². The van der Waals surface area contributed by atoms with Crippen LogP contribution in [-0.2, 0) is 0 Å². The Kier molecular flexibility index (Phi) is 3.55. The van der Waals surface area contributed by atoms with Crippen LogP contribution in [0.4, 0.5) is 5.95 Å². The second-order valence-electron chi connectivity index (χ2n) is 5.22. The van der Waals surface area contributed by atoms with Crippen molar-refractivity contribution in [3.8, 4) is 0 Å². The molecule has 0 spiro atoms. The maximum absolute atomic E-state index is 12.2. The van der Waals surface area contributed by atoms with Crippen LogP contribution in [0.1, 0.15) is 21.7 Å². The number of piperazine rings is 1. The number of H-pyrrole nitrogens is 1. The molecule has 21 heavy (non-hydrogen) atoms. The van der Waals surface area contributed by atoms with E-state index in [1.54, 1.807) is 12.4 Å². The molecule has 1 fully saturated rings. The number of carbonyl (C=O) groups excluding carboxylic acids is 1. The standard InChI is InChI=1S/C14H18N6O/c1-10-7-11(2)18-14(17-10)20-5-3-19(4-6-20)13(21)12-8-15-16-9-12/h7-9H,3-6H2,1-2H3,(H,15,16). The molecule has 3 rings (SSSR count). The Morgan fingerprint density at radius 3 is 2.38 bits per heavy atom. The minimum Gasteiger partial charge on any atom is -0.337 e. The van der Waals surface area contributed by atoms with Crippen LogP contribution in [0.2, 0.25) is 0 Å². The number of hydrogen-bond acceptors (Lipinski definition) is 5. The summed E-state index contributed by atoms with van der Waals surface area (Å²) in [5.41, 5.74) is 2.54. The summed E-state index contributed by atoms with van der Waals surface area (Å²) in [5.74, 6) is 0.771. The Balaban J connectivity index is 1.66. The van der Waals surface area contributed by atoms with E-state index in [4.69, 9.17) is 0 Å². The molecule has 0 aliphatic carbocycles. The Labute approximate surface area is 123 Å². The lowest BCUT2D eigenvalue weighted by Gasteiger charge is -2.34. The van der Waals surface area contributed by atoms with Crippen molar-refractivity contribution in [2.24, 2.45) is 0 Å². The zero-order valence-corrected chi connectivity index (χ0v) is 12.2. The fourth-order valence-corrected chi connectivity index (χ4v) is 2.51. The van der Waals surface area contributed by atoms with Crippen LogP contribution < -0.4 is 4.90 Å². The predicted octanol–water partition coefficient (Wildman–Crippen LogP) is 0.779. The number of amides is 1. The second kappa shape index (κ2) is 5.51. The van der Waals surface area contributed by atoms with Crippen LogP contribution in [0.25, 0.3) is 0 Å². The third-order valence-electron chi connectivity index (χ3n) is 3.57. The maximum Gasteiger partial charge on any atom is 0.257 e. The summed E-state index contributed by atoms with van der Waals surface area (Å²) in [6.07, 6.45) is 3.18. The average molecular weight is 286 g/mol. The van der Waals surface area contributed by atoms with Gasteiger partial charge in [0.15, 0.2) is 0 Å². The number of hydrogen-bond donors (Lipinski definition) is 1. The third kappa shape index (κ3) is 2.86. The number of aromatic nitrogens is 4. The molecule has 2 aromatic rings. The van der Waals surface area contributed by atoms with Crippen molar-refractivity contribution in [2.75, 3.05) is 31.1 Å². The van der Waals surface area contributed by atoms with E-state index in [0.717, 1.165) is 30.4 Å². The summed E-state index contributed by atoms with van der Waals surface area (Å²) >= 11 is 0. The lowest BCUT2D eigenvalue weighted by molar-refractivity contribution is 0.0746. The summed E-state index contributed by atoms with van der Waals surface area (Å²) in [7, 11) is 0. The summed E-state index contributed by atoms with van der Waals surface area (Å²) < 4.78 is 0. The molecule has 0 saturated carbocycles. The zero-order chi connectivity index (χ0) is 14.8. The van der Waals surface area contributed by atoms with E-state index < -0.39 is 0 Å². The Bertz CT molecular complexity index is 611. The Morgan fingerprint density at radius 1 is 1.14 bits per heavy atom. The fraction of sp³-hybridized carbons (Fsp3) is 0.429. The smallest absolute Gasteiger partial charge is 0.257 e. The number of aryl methyl sites for hydroxylation is 2. The molecule has 1 N–H and O–H groups in total. The van der Waals surface area contributed by atoms with Crippen molar-refractivity contribution in [1.82, 2.24) is 25.1 Å². The van der Waals surface area contributed by atoms with Crippen LogP contribution in [0.15, 0.2) is 18.5 Å². The largest absolute Gasteiger partial charge is 0.337 e. The lowest BCUT2D eigenvalue weighted by atomic mass is 10.2. The van der Waals surface area contributed by atoms with Gasteiger partial charge in [-0.15, -0.1) is 0 Å². The van der Waals surface area contributed by atoms with E-state index in [2.05, 4.69) is 25.1 Å². The van der Waals surface area contributed by atoms with Gasteiger partial charge in [0.1, 0.15) is 0 Å². The number of carbonyl (C=O) groups is 1. The normalized spacial score (nSPS) is 15.3. The lowest BCUT2D eigenvalue weighted by Crippen LogP contribution is -2.49. The van der Waals surface area contributed by atoms with Gasteiger partial charge in [0.2, 0.25) is 5.95 Å². The van der Waals surface area contributed by atoms with Gasteiger partial charge < -0.3 is 9.80 Å². The number of nitrogens with one attached hydrogen (secondary N) is 1. The van der Waals surface area contributed by atoms with Crippen LogP contribution in [0.3, 0.4) is 0 Å². The van der Waals surface area contributed by atoms with Gasteiger partial charge in [-0.1, -0.05) is 0 Å². The van der Waals surface area contributed by atoms with Gasteiger partial charge in [0.05, 0.1) is 11.8 Å². The van der Waals surface area contributed by atoms with Crippen molar-refractivity contribution in [2.45, 2.75) is 13.8 Å². The highest BCUT2D eigenvalue weighted by molar-refractivity contribution is 5.93. The molecular weight excluding hydrogens is 268 g/mol. The molecule has 1 amide bonds. The van der Waals surface area contributed by atoms with Crippen molar-refractivity contribution in [3.63, 3.8) is 0 Å². The predicted molar refractivity (Wildman–Crippen MR) is 78.2 cm³/mol. The molecule has 1 aliphatic rings. The summed E-state index contributed by atoms with van der Waals surface area (Å²) in [6.45, 7) is 6.76. The second-order valence-corrected chi connectivity index (χ2v) is 5.22. The zero-order valence-electron chi connectivity index (χ0n) is 12.2. The van der Waals surface area contributed by atoms with Gasteiger partial charge in [-0.3, -0.25) is 9.89 Å². The number of anilines is 1. The minimum atomic E-state index is 0.0183. The highest BCUT2D eigenvalue weighted by atomic mass is 16.2. The van der Waals surface area contributed by atoms with E-state index >= 15 is 0 Å². The molecule has 1 saturated heterocycles. The number of aromatic amines is 1. The van der Waals surface area contributed by atoms with Crippen LogP contribution in [-0.4, -0.2) is 57.2 Å². The highest BCUT2D eigenvalue weighted by Crippen LogP contribution is 2.14. The molecule has 0 atom stereocenters. The first-order valence-electron chi connectivity index (χ1n) is 6.99. The third-order valence-corrected chi connectivity index (χ3v) is 3.57. The van der Waals surface area contributed by atoms with Crippen molar-refractivity contribution < 1.29 is 4.79 Å². The van der Waals surface area contributed by atoms with Gasteiger partial charge in [0, 0.05) is 43.8 Å². The molecule has 3 heterocycles. The van der Waals surface area contributed by atoms with Gasteiger partial charge >= 0.3 is 0 Å². The van der Waals surface area contributed by atoms with Crippen LogP contribution in [0, 0.1) is 13.8 Å². The molecule has 2 aromatic heterocycles. The van der Waals surface area contributed by atoms with Gasteiger partial charge in [-0.05, 0) is 19.9 Å². The minimum absolute atomic E-state index is 0.0183. The Morgan fingerprint density at radius 2 is 1.81 bits per heavy atom. The fourth-order valence-electron chi connectivity index (χ4n) is 2.51. The average Bonchev–Trinajstić information content (AvgIpc) is 3.00. The van der Waals surface area contributed by atoms with E-state index in [0.29, 0.717) is 18.7 Å². The van der Waals surface area contributed by atoms with E-state index in [1.165, 1.54) is 0 Å². The summed E-state index contributed by atoms with van der Waals surface area (Å²) in [6, 6.07) is 1.96. The van der Waals surface area contributed by atoms with Gasteiger partial charge in [0.25, 0.3) is 5.91 Å². The molecule has 110 valence electrons. The van der Waals surface area contributed by atoms with Crippen molar-refractivity contribution in [3.05, 3.63) is 35.4 Å². The molecule has 7 heteroatoms. The van der Waals surface area contributed by atoms with E-state index in [-0.39, 0.29) is 5.91 Å². The number of nitrogens with zero attached hydrogens (tertiary/aromatic N) is 5. The topological polar surface area (TPSA) is 78.0 Å². The molecule has 0 aromatic carbocycles. The molecule has 0 bridgehead atoms. The quantitative estimate of drug-likeness (QED) is 0.882. The monoisotopic (exact) mass is 286 g/mol. The molecular formula is C14H18N6O. The van der Waals surface area contributed by atoms with E-state index in [9.17, 15) is 4.79 Å². The van der Waals surface area contributed by atoms with Gasteiger partial charge in [-0.25, -0.2) is 9.97 Å². The Hall–Kier alpha value is -2.44. The first kappa shape index (κ1) is 13.5. The molecule has 0 unspecified atom stereocenters. The first-order valence-corrected chi connectivity index (χ1v) is 6.99. The summed E-state index contributed by atoms with van der Waals surface area (Å²) in [5, 5.41) is 6.49. The van der Waals surface area contributed by atoms with Gasteiger partial charge in [-0.2, -0.15) is 5.10 Å². The van der Waals surface area contributed by atoms with Crippen LogP contribution in [0.5, 0.6) is 0 Å².